The SMILES string of the molecule is C=C(C)[C@@H]1CC[C@]2(C(=O)N[C@H](C(=O)O)c3ccccc3)CC[C@]3(C)[C@H](CC[C@@H]4[C@@]5(C)CC=C(c6ccc(C(O)O)cc6)C(C)(C)[C@@H]5CC[C@]43C)[C@@H]12. The number of carboxylic acids is 1. The topological polar surface area (TPSA) is 107 Å². The maximum absolute atomic E-state index is 14.7. The van der Waals surface area contributed by atoms with Crippen molar-refractivity contribution in [3.8, 4) is 0 Å². The van der Waals surface area contributed by atoms with Crippen LogP contribution < -0.4 is 5.32 Å². The Hall–Kier alpha value is -3.22. The number of hydrogen-bond donors (Lipinski definition) is 4. The first-order chi connectivity index (χ1) is 24.0. The van der Waals surface area contributed by atoms with Crippen LogP contribution in [0.15, 0.2) is 72.8 Å². The predicted molar refractivity (Wildman–Crippen MR) is 201 cm³/mol. The number of aliphatic hydroxyl groups is 2. The van der Waals surface area contributed by atoms with Gasteiger partial charge in [-0.2, -0.15) is 0 Å². The lowest BCUT2D eigenvalue weighted by Crippen LogP contribution is -2.66. The molecule has 2 aromatic carbocycles. The highest BCUT2D eigenvalue weighted by Crippen LogP contribution is 2.77. The standard InChI is InChI=1S/C45H59NO5/c1-27(2)31-19-24-45(40(51)46-37(39(49)50)29-11-9-8-10-12-29)26-25-43(6)33(36(31)45)17-18-35-42(5)22-20-32(28-13-15-30(16-14-28)38(47)48)41(3,4)34(42)21-23-44(35,43)7/h8-16,20,31,33-38,47-48H,1,17-19,21-26H2,2-7H3,(H,46,51)(H,49,50)/t31-,33+,34-,35+,36+,37-,42-,43+,44+,45-/m0/s1. The number of nitrogens with one attached hydrogen (secondary N) is 1. The molecule has 5 aliphatic rings. The lowest BCUT2D eigenvalue weighted by atomic mass is 9.32. The number of rotatable bonds is 7. The first-order valence-corrected chi connectivity index (χ1v) is 19.4. The molecule has 274 valence electrons. The highest BCUT2D eigenvalue weighted by molar-refractivity contribution is 5.89. The van der Waals surface area contributed by atoms with Crippen LogP contribution in [0.5, 0.6) is 0 Å². The van der Waals surface area contributed by atoms with Crippen LogP contribution in [-0.2, 0) is 9.59 Å². The molecule has 0 saturated heterocycles. The zero-order valence-corrected chi connectivity index (χ0v) is 31.5. The monoisotopic (exact) mass is 693 g/mol. The molecule has 4 saturated carbocycles. The van der Waals surface area contributed by atoms with E-state index in [4.69, 9.17) is 0 Å². The molecule has 7 rings (SSSR count). The molecular formula is C45H59NO5. The molecule has 4 N–H and O–H groups in total. The van der Waals surface area contributed by atoms with E-state index in [1.807, 2.05) is 42.5 Å². The number of carbonyl (C=O) groups excluding carboxylic acids is 1. The molecule has 4 fully saturated rings. The molecule has 1 amide bonds. The Morgan fingerprint density at radius 2 is 1.49 bits per heavy atom. The summed E-state index contributed by atoms with van der Waals surface area (Å²) < 4.78 is 0. The van der Waals surface area contributed by atoms with Crippen molar-refractivity contribution >= 4 is 17.4 Å². The fourth-order valence-corrected chi connectivity index (χ4v) is 13.7. The van der Waals surface area contributed by atoms with Gasteiger partial charge in [-0.05, 0) is 133 Å². The summed E-state index contributed by atoms with van der Waals surface area (Å²) in [6.45, 7) is 19.2. The van der Waals surface area contributed by atoms with Gasteiger partial charge in [-0.3, -0.25) is 4.79 Å². The largest absolute Gasteiger partial charge is 0.479 e. The van der Waals surface area contributed by atoms with Gasteiger partial charge in [0.05, 0.1) is 5.41 Å². The van der Waals surface area contributed by atoms with Crippen LogP contribution in [0.3, 0.4) is 0 Å². The summed E-state index contributed by atoms with van der Waals surface area (Å²) in [6.07, 6.45) is 10.1. The number of hydrogen-bond acceptors (Lipinski definition) is 4. The summed E-state index contributed by atoms with van der Waals surface area (Å²) >= 11 is 0. The van der Waals surface area contributed by atoms with Gasteiger partial charge in [0.2, 0.25) is 5.91 Å². The molecule has 0 radical (unpaired) electrons. The molecule has 0 spiro atoms. The van der Waals surface area contributed by atoms with Crippen molar-refractivity contribution in [3.63, 3.8) is 0 Å². The lowest BCUT2D eigenvalue weighted by molar-refractivity contribution is -0.225. The van der Waals surface area contributed by atoms with Gasteiger partial charge in [0.25, 0.3) is 0 Å². The van der Waals surface area contributed by atoms with Gasteiger partial charge < -0.3 is 20.6 Å². The Labute approximate surface area is 304 Å². The van der Waals surface area contributed by atoms with E-state index in [2.05, 4.69) is 59.5 Å². The second-order valence-corrected chi connectivity index (χ2v) is 18.5. The van der Waals surface area contributed by atoms with Gasteiger partial charge in [-0.1, -0.05) is 107 Å². The van der Waals surface area contributed by atoms with Crippen molar-refractivity contribution in [2.75, 3.05) is 0 Å². The molecular weight excluding hydrogens is 634 g/mol. The Bertz CT molecular complexity index is 1730. The Morgan fingerprint density at radius 3 is 2.12 bits per heavy atom. The number of aliphatic hydroxyl groups excluding tert-OH is 1. The van der Waals surface area contributed by atoms with Crippen molar-refractivity contribution in [1.82, 2.24) is 5.32 Å². The predicted octanol–water partition coefficient (Wildman–Crippen LogP) is 9.26. The molecule has 0 heterocycles. The van der Waals surface area contributed by atoms with Crippen molar-refractivity contribution in [2.24, 2.45) is 56.7 Å². The number of allylic oxidation sites excluding steroid dienone is 3. The van der Waals surface area contributed by atoms with E-state index in [1.165, 1.54) is 11.1 Å². The summed E-state index contributed by atoms with van der Waals surface area (Å²) in [5.41, 5.74) is 4.48. The maximum Gasteiger partial charge on any atom is 0.330 e. The maximum atomic E-state index is 14.7. The van der Waals surface area contributed by atoms with Crippen molar-refractivity contribution in [3.05, 3.63) is 89.5 Å². The number of amides is 1. The zero-order valence-electron chi connectivity index (χ0n) is 31.5. The van der Waals surface area contributed by atoms with E-state index < -0.39 is 23.7 Å². The number of benzene rings is 2. The average molecular weight is 694 g/mol. The fourth-order valence-electron chi connectivity index (χ4n) is 13.7. The Morgan fingerprint density at radius 1 is 0.804 bits per heavy atom. The van der Waals surface area contributed by atoms with Crippen LogP contribution in [0, 0.1) is 56.7 Å². The second-order valence-electron chi connectivity index (χ2n) is 18.5. The third kappa shape index (κ3) is 5.24. The number of carbonyl (C=O) groups is 2. The number of aliphatic carboxylic acids is 1. The van der Waals surface area contributed by atoms with E-state index in [1.54, 1.807) is 12.1 Å². The van der Waals surface area contributed by atoms with Crippen molar-refractivity contribution in [2.45, 2.75) is 112 Å². The van der Waals surface area contributed by atoms with Crippen LogP contribution in [0.1, 0.15) is 128 Å². The van der Waals surface area contributed by atoms with Crippen LogP contribution >= 0.6 is 0 Å². The van der Waals surface area contributed by atoms with E-state index in [-0.39, 0.29) is 39.4 Å². The molecule has 2 aromatic rings. The Balaban J connectivity index is 1.21. The molecule has 51 heavy (non-hydrogen) atoms. The smallest absolute Gasteiger partial charge is 0.330 e. The highest BCUT2D eigenvalue weighted by Gasteiger charge is 2.71. The van der Waals surface area contributed by atoms with Crippen LogP contribution in [0.2, 0.25) is 0 Å². The molecule has 0 aromatic heterocycles. The van der Waals surface area contributed by atoms with Gasteiger partial charge in [-0.25, -0.2) is 4.79 Å². The van der Waals surface area contributed by atoms with Crippen molar-refractivity contribution in [1.29, 1.82) is 0 Å². The Kier molecular flexibility index (Phi) is 8.82. The molecule has 0 unspecified atom stereocenters. The van der Waals surface area contributed by atoms with Gasteiger partial charge in [0.1, 0.15) is 0 Å². The summed E-state index contributed by atoms with van der Waals surface area (Å²) in [6, 6.07) is 15.8. The first kappa shape index (κ1) is 36.2. The van der Waals surface area contributed by atoms with E-state index in [9.17, 15) is 24.9 Å². The third-order valence-corrected chi connectivity index (χ3v) is 16.3. The quantitative estimate of drug-likeness (QED) is 0.171. The second kappa shape index (κ2) is 12.4. The molecule has 6 heteroatoms. The lowest BCUT2D eigenvalue weighted by Gasteiger charge is -2.72. The van der Waals surface area contributed by atoms with E-state index in [0.29, 0.717) is 28.9 Å². The van der Waals surface area contributed by atoms with Crippen LogP contribution in [0.25, 0.3) is 5.57 Å². The van der Waals surface area contributed by atoms with Gasteiger partial charge in [0, 0.05) is 5.56 Å². The van der Waals surface area contributed by atoms with Crippen molar-refractivity contribution < 1.29 is 24.9 Å². The normalized spacial score (nSPS) is 38.7. The zero-order chi connectivity index (χ0) is 36.7. The molecule has 0 aliphatic heterocycles. The summed E-state index contributed by atoms with van der Waals surface area (Å²) in [5, 5.41) is 32.7. The number of carboxylic acid groups (broad SMARTS) is 1. The van der Waals surface area contributed by atoms with E-state index in [0.717, 1.165) is 63.4 Å². The minimum absolute atomic E-state index is 0.0405. The van der Waals surface area contributed by atoms with Gasteiger partial charge in [0.15, 0.2) is 12.3 Å². The first-order valence-electron chi connectivity index (χ1n) is 19.4. The molecule has 0 bridgehead atoms. The number of fused-ring (bicyclic) bond motifs is 7. The fraction of sp³-hybridized carbons (Fsp3) is 0.600. The summed E-state index contributed by atoms with van der Waals surface area (Å²) in [7, 11) is 0. The van der Waals surface area contributed by atoms with E-state index >= 15 is 0 Å². The molecule has 10 atom stereocenters. The summed E-state index contributed by atoms with van der Waals surface area (Å²) in [4.78, 5) is 27.2. The average Bonchev–Trinajstić information content (AvgIpc) is 3.49. The highest BCUT2D eigenvalue weighted by atomic mass is 16.5. The minimum atomic E-state index is -1.46. The van der Waals surface area contributed by atoms with Crippen LogP contribution in [-0.4, -0.2) is 27.2 Å². The van der Waals surface area contributed by atoms with Gasteiger partial charge in [-0.15, -0.1) is 0 Å². The minimum Gasteiger partial charge on any atom is -0.479 e. The molecule has 5 aliphatic carbocycles. The van der Waals surface area contributed by atoms with Gasteiger partial charge >= 0.3 is 5.97 Å². The molecule has 6 nitrogen and oxygen atoms in total. The third-order valence-electron chi connectivity index (χ3n) is 16.3. The van der Waals surface area contributed by atoms with Crippen LogP contribution in [0.4, 0.5) is 0 Å². The summed E-state index contributed by atoms with van der Waals surface area (Å²) in [5.74, 6) is 0.734.